The number of amides is 1. The number of anilines is 1. The zero-order valence-corrected chi connectivity index (χ0v) is 14.2. The minimum atomic E-state index is -0.340. The predicted molar refractivity (Wildman–Crippen MR) is 90.9 cm³/mol. The van der Waals surface area contributed by atoms with E-state index in [1.54, 1.807) is 6.07 Å². The third-order valence-electron chi connectivity index (χ3n) is 3.19. The molecule has 1 N–H and O–H groups in total. The van der Waals surface area contributed by atoms with Gasteiger partial charge in [-0.15, -0.1) is 21.5 Å². The fraction of sp³-hybridized carbons (Fsp3) is 0.333. The van der Waals surface area contributed by atoms with E-state index in [1.807, 2.05) is 17.5 Å². The minimum Gasteiger partial charge on any atom is -0.355 e. The van der Waals surface area contributed by atoms with Crippen molar-refractivity contribution in [1.82, 2.24) is 15.4 Å². The number of carbonyl (C=O) groups is 1. The highest BCUT2D eigenvalue weighted by atomic mass is 32.1. The largest absolute Gasteiger partial charge is 0.355 e. The highest BCUT2D eigenvalue weighted by Crippen LogP contribution is 2.25. The molecule has 6 nitrogen and oxygen atoms in total. The molecule has 0 fully saturated rings. The van der Waals surface area contributed by atoms with Gasteiger partial charge >= 0.3 is 0 Å². The molecule has 3 aromatic rings. The molecule has 0 saturated heterocycles. The normalized spacial score (nSPS) is 10.8. The molecule has 0 saturated carbocycles. The van der Waals surface area contributed by atoms with Crippen molar-refractivity contribution < 1.29 is 9.32 Å². The lowest BCUT2D eigenvalue weighted by Crippen LogP contribution is -2.11. The molecule has 0 aliphatic heterocycles. The van der Waals surface area contributed by atoms with Crippen LogP contribution >= 0.6 is 22.7 Å². The Morgan fingerprint density at radius 2 is 2.26 bits per heavy atom. The number of nitrogens with one attached hydrogen (secondary N) is 1. The number of rotatable bonds is 7. The Morgan fingerprint density at radius 3 is 3.04 bits per heavy atom. The first-order valence-corrected chi connectivity index (χ1v) is 9.10. The third-order valence-corrected chi connectivity index (χ3v) is 4.97. The first kappa shape index (κ1) is 15.8. The van der Waals surface area contributed by atoms with Gasteiger partial charge in [0.2, 0.25) is 5.13 Å². The molecule has 0 bridgehead atoms. The SMILES string of the molecule is CCCCCc1nnc(NC(=O)c2cc(-c3cccs3)on2)s1. The highest BCUT2D eigenvalue weighted by Gasteiger charge is 2.16. The molecule has 3 rings (SSSR count). The van der Waals surface area contributed by atoms with Crippen LogP contribution in [0.5, 0.6) is 0 Å². The van der Waals surface area contributed by atoms with Gasteiger partial charge in [0.05, 0.1) is 4.88 Å². The monoisotopic (exact) mass is 348 g/mol. The summed E-state index contributed by atoms with van der Waals surface area (Å²) in [4.78, 5) is 13.1. The van der Waals surface area contributed by atoms with Crippen molar-refractivity contribution in [3.05, 3.63) is 34.3 Å². The quantitative estimate of drug-likeness (QED) is 0.646. The van der Waals surface area contributed by atoms with E-state index in [9.17, 15) is 4.79 Å². The molecular weight excluding hydrogens is 332 g/mol. The van der Waals surface area contributed by atoms with Crippen LogP contribution < -0.4 is 5.32 Å². The molecule has 0 spiro atoms. The Morgan fingerprint density at radius 1 is 1.35 bits per heavy atom. The summed E-state index contributed by atoms with van der Waals surface area (Å²) in [5.74, 6) is 0.246. The molecule has 0 unspecified atom stereocenters. The van der Waals surface area contributed by atoms with Crippen molar-refractivity contribution in [3.63, 3.8) is 0 Å². The Balaban J connectivity index is 1.61. The number of aryl methyl sites for hydroxylation is 1. The molecule has 0 atom stereocenters. The topological polar surface area (TPSA) is 80.9 Å². The molecular formula is C15H16N4O2S2. The van der Waals surface area contributed by atoms with E-state index in [1.165, 1.54) is 35.5 Å². The van der Waals surface area contributed by atoms with E-state index in [-0.39, 0.29) is 11.6 Å². The number of hydrogen-bond donors (Lipinski definition) is 1. The van der Waals surface area contributed by atoms with Gasteiger partial charge in [-0.2, -0.15) is 0 Å². The average Bonchev–Trinajstić information content (AvgIpc) is 3.29. The van der Waals surface area contributed by atoms with Crippen molar-refractivity contribution in [2.24, 2.45) is 0 Å². The second kappa shape index (κ2) is 7.47. The average molecular weight is 348 g/mol. The fourth-order valence-corrected chi connectivity index (χ4v) is 3.46. The zero-order valence-electron chi connectivity index (χ0n) is 12.6. The fourth-order valence-electron chi connectivity index (χ4n) is 2.01. The Hall–Kier alpha value is -2.06. The highest BCUT2D eigenvalue weighted by molar-refractivity contribution is 7.15. The van der Waals surface area contributed by atoms with Crippen LogP contribution in [0, 0.1) is 0 Å². The summed E-state index contributed by atoms with van der Waals surface area (Å²) in [6, 6.07) is 5.47. The first-order valence-electron chi connectivity index (χ1n) is 7.40. The van der Waals surface area contributed by atoms with E-state index >= 15 is 0 Å². The number of carbonyl (C=O) groups excluding carboxylic acids is 1. The van der Waals surface area contributed by atoms with Crippen LogP contribution in [0.15, 0.2) is 28.1 Å². The van der Waals surface area contributed by atoms with E-state index in [2.05, 4.69) is 27.6 Å². The van der Waals surface area contributed by atoms with Gasteiger partial charge in [0, 0.05) is 12.5 Å². The molecule has 3 aromatic heterocycles. The summed E-state index contributed by atoms with van der Waals surface area (Å²) in [7, 11) is 0. The predicted octanol–water partition coefficient (Wildman–Crippen LogP) is 4.24. The van der Waals surface area contributed by atoms with Gasteiger partial charge in [-0.05, 0) is 17.9 Å². The van der Waals surface area contributed by atoms with E-state index in [0.717, 1.165) is 22.7 Å². The molecule has 120 valence electrons. The van der Waals surface area contributed by atoms with E-state index in [4.69, 9.17) is 4.52 Å². The molecule has 0 aliphatic carbocycles. The minimum absolute atomic E-state index is 0.233. The molecule has 0 radical (unpaired) electrons. The molecule has 0 aliphatic rings. The molecule has 1 amide bonds. The van der Waals surface area contributed by atoms with Crippen LogP contribution in [-0.4, -0.2) is 21.3 Å². The lowest BCUT2D eigenvalue weighted by Gasteiger charge is -1.95. The number of unbranched alkanes of at least 4 members (excludes halogenated alkanes) is 2. The lowest BCUT2D eigenvalue weighted by atomic mass is 10.2. The summed E-state index contributed by atoms with van der Waals surface area (Å²) in [6.07, 6.45) is 4.33. The van der Waals surface area contributed by atoms with Crippen molar-refractivity contribution >= 4 is 33.7 Å². The van der Waals surface area contributed by atoms with Crippen LogP contribution in [0.3, 0.4) is 0 Å². The van der Waals surface area contributed by atoms with Crippen molar-refractivity contribution in [2.75, 3.05) is 5.32 Å². The standard InChI is InChI=1S/C15H16N4O2S2/c1-2-3-4-7-13-17-18-15(23-13)16-14(20)10-9-11(21-19-10)12-6-5-8-22-12/h5-6,8-9H,2-4,7H2,1H3,(H,16,18,20). The summed E-state index contributed by atoms with van der Waals surface area (Å²) < 4.78 is 5.21. The Bertz CT molecular complexity index is 764. The van der Waals surface area contributed by atoms with Gasteiger partial charge < -0.3 is 4.52 Å². The van der Waals surface area contributed by atoms with E-state index < -0.39 is 0 Å². The maximum atomic E-state index is 12.2. The third kappa shape index (κ3) is 4.02. The van der Waals surface area contributed by atoms with Crippen LogP contribution in [0.2, 0.25) is 0 Å². The van der Waals surface area contributed by atoms with Crippen molar-refractivity contribution in [3.8, 4) is 10.6 Å². The maximum absolute atomic E-state index is 12.2. The molecule has 3 heterocycles. The number of nitrogens with zero attached hydrogens (tertiary/aromatic N) is 3. The zero-order chi connectivity index (χ0) is 16.1. The Kier molecular flexibility index (Phi) is 5.14. The van der Waals surface area contributed by atoms with Gasteiger partial charge in [0.1, 0.15) is 5.01 Å². The number of aromatic nitrogens is 3. The van der Waals surface area contributed by atoms with Crippen LogP contribution in [0.25, 0.3) is 10.6 Å². The smallest absolute Gasteiger partial charge is 0.279 e. The van der Waals surface area contributed by atoms with Crippen molar-refractivity contribution in [2.45, 2.75) is 32.6 Å². The van der Waals surface area contributed by atoms with Crippen LogP contribution in [0.4, 0.5) is 5.13 Å². The second-order valence-corrected chi connectivity index (χ2v) is 6.98. The molecule has 0 aromatic carbocycles. The van der Waals surface area contributed by atoms with Gasteiger partial charge in [-0.1, -0.05) is 42.3 Å². The second-order valence-electron chi connectivity index (χ2n) is 4.97. The number of hydrogen-bond acceptors (Lipinski definition) is 7. The first-order chi connectivity index (χ1) is 11.3. The van der Waals surface area contributed by atoms with Gasteiger partial charge in [0.25, 0.3) is 5.91 Å². The van der Waals surface area contributed by atoms with Crippen LogP contribution in [0.1, 0.15) is 41.7 Å². The van der Waals surface area contributed by atoms with Gasteiger partial charge in [0.15, 0.2) is 11.5 Å². The van der Waals surface area contributed by atoms with Gasteiger partial charge in [-0.25, -0.2) is 0 Å². The Labute approximate surface area is 141 Å². The van der Waals surface area contributed by atoms with Gasteiger partial charge in [-0.3, -0.25) is 10.1 Å². The molecule has 8 heteroatoms. The molecule has 23 heavy (non-hydrogen) atoms. The van der Waals surface area contributed by atoms with E-state index in [0.29, 0.717) is 10.9 Å². The summed E-state index contributed by atoms with van der Waals surface area (Å²) >= 11 is 2.93. The lowest BCUT2D eigenvalue weighted by molar-refractivity contribution is 0.101. The summed E-state index contributed by atoms with van der Waals surface area (Å²) in [5.41, 5.74) is 0.233. The van der Waals surface area contributed by atoms with Crippen molar-refractivity contribution in [1.29, 1.82) is 0 Å². The number of thiophene rings is 1. The van der Waals surface area contributed by atoms with Crippen LogP contribution in [-0.2, 0) is 6.42 Å². The summed E-state index contributed by atoms with van der Waals surface area (Å²) in [6.45, 7) is 2.16. The maximum Gasteiger partial charge on any atom is 0.279 e. The summed E-state index contributed by atoms with van der Waals surface area (Å²) in [5, 5.41) is 18.0.